The number of aromatic nitrogens is 2. The number of ether oxygens (including phenoxy) is 2. The number of cyclic esters (lactones) is 1. The highest BCUT2D eigenvalue weighted by Gasteiger charge is 2.44. The van der Waals surface area contributed by atoms with Gasteiger partial charge in [-0.05, 0) is 36.8 Å². The van der Waals surface area contributed by atoms with Gasteiger partial charge in [0.1, 0.15) is 11.7 Å². The Kier molecular flexibility index (Phi) is 5.66. The summed E-state index contributed by atoms with van der Waals surface area (Å²) in [6.45, 7) is 1.96. The van der Waals surface area contributed by atoms with Crippen molar-refractivity contribution in [3.8, 4) is 5.69 Å². The number of anilines is 1. The lowest BCUT2D eigenvalue weighted by Gasteiger charge is -2.24. The van der Waals surface area contributed by atoms with E-state index in [1.165, 1.54) is 29.2 Å². The summed E-state index contributed by atoms with van der Waals surface area (Å²) in [4.78, 5) is 24.8. The van der Waals surface area contributed by atoms with Crippen LogP contribution in [0.3, 0.4) is 0 Å². The number of hydrogen-bond donors (Lipinski definition) is 1. The predicted molar refractivity (Wildman–Crippen MR) is 95.3 cm³/mol. The Bertz CT molecular complexity index is 882. The van der Waals surface area contributed by atoms with Crippen LogP contribution in [0.25, 0.3) is 5.69 Å². The van der Waals surface area contributed by atoms with Crippen molar-refractivity contribution in [2.45, 2.75) is 44.7 Å². The summed E-state index contributed by atoms with van der Waals surface area (Å²) >= 11 is 0. The van der Waals surface area contributed by atoms with E-state index >= 15 is 0 Å². The first-order valence-electron chi connectivity index (χ1n) is 8.90. The Morgan fingerprint density at radius 2 is 1.90 bits per heavy atom. The normalized spacial score (nSPS) is 19.3. The van der Waals surface area contributed by atoms with E-state index < -0.39 is 36.4 Å². The van der Waals surface area contributed by atoms with E-state index in [0.717, 1.165) is 29.8 Å². The summed E-state index contributed by atoms with van der Waals surface area (Å²) in [5, 5.41) is 3.72. The molecule has 0 saturated carbocycles. The molecule has 0 spiro atoms. The molecule has 0 aliphatic carbocycles. The van der Waals surface area contributed by atoms with E-state index in [0.29, 0.717) is 12.1 Å². The van der Waals surface area contributed by atoms with Crippen LogP contribution >= 0.6 is 0 Å². The van der Waals surface area contributed by atoms with Gasteiger partial charge in [0.05, 0.1) is 11.9 Å². The van der Waals surface area contributed by atoms with Gasteiger partial charge >= 0.3 is 18.4 Å². The van der Waals surface area contributed by atoms with Gasteiger partial charge in [-0.2, -0.15) is 18.3 Å². The number of carbonyl (C=O) groups is 2. The SMILES string of the molecule is CCCCC1C(OC(N)=O)OC(=O)N1c1ccc(-n2nccc2C(F)(F)F)cc1. The van der Waals surface area contributed by atoms with E-state index in [2.05, 4.69) is 5.10 Å². The van der Waals surface area contributed by atoms with E-state index in [1.807, 2.05) is 6.92 Å². The Hall–Kier alpha value is -3.24. The maximum absolute atomic E-state index is 13.1. The van der Waals surface area contributed by atoms with Crippen molar-refractivity contribution < 1.29 is 32.2 Å². The number of benzene rings is 1. The maximum Gasteiger partial charge on any atom is 0.433 e. The fourth-order valence-corrected chi connectivity index (χ4v) is 3.16. The first-order chi connectivity index (χ1) is 13.7. The van der Waals surface area contributed by atoms with Crippen LogP contribution in [0.15, 0.2) is 36.5 Å². The minimum Gasteiger partial charge on any atom is -0.407 e. The average molecular weight is 412 g/mol. The Morgan fingerprint density at radius 1 is 1.24 bits per heavy atom. The van der Waals surface area contributed by atoms with Crippen molar-refractivity contribution in [3.05, 3.63) is 42.2 Å². The fourth-order valence-electron chi connectivity index (χ4n) is 3.16. The number of amides is 2. The lowest BCUT2D eigenvalue weighted by molar-refractivity contribution is -0.142. The van der Waals surface area contributed by atoms with Crippen LogP contribution in [0.4, 0.5) is 28.4 Å². The molecule has 1 fully saturated rings. The minimum atomic E-state index is -4.56. The van der Waals surface area contributed by atoms with Crippen molar-refractivity contribution in [1.29, 1.82) is 0 Å². The average Bonchev–Trinajstić information content (AvgIpc) is 3.24. The second-order valence-corrected chi connectivity index (χ2v) is 6.41. The largest absolute Gasteiger partial charge is 0.433 e. The van der Waals surface area contributed by atoms with Gasteiger partial charge in [0.2, 0.25) is 0 Å². The summed E-state index contributed by atoms with van der Waals surface area (Å²) in [7, 11) is 0. The zero-order chi connectivity index (χ0) is 21.2. The molecule has 0 radical (unpaired) electrons. The smallest absolute Gasteiger partial charge is 0.407 e. The number of nitrogens with two attached hydrogens (primary N) is 1. The zero-order valence-electron chi connectivity index (χ0n) is 15.4. The molecule has 2 amide bonds. The molecule has 1 aliphatic heterocycles. The highest BCUT2D eigenvalue weighted by atomic mass is 19.4. The van der Waals surface area contributed by atoms with Crippen molar-refractivity contribution >= 4 is 17.9 Å². The van der Waals surface area contributed by atoms with Crippen LogP contribution in [0, 0.1) is 0 Å². The molecular weight excluding hydrogens is 393 g/mol. The summed E-state index contributed by atoms with van der Waals surface area (Å²) in [6, 6.07) is 6.04. The molecule has 8 nitrogen and oxygen atoms in total. The number of primary amides is 1. The number of halogens is 3. The third-order valence-electron chi connectivity index (χ3n) is 4.45. The lowest BCUT2D eigenvalue weighted by Crippen LogP contribution is -2.39. The van der Waals surface area contributed by atoms with Crippen molar-refractivity contribution in [1.82, 2.24) is 9.78 Å². The van der Waals surface area contributed by atoms with Crippen molar-refractivity contribution in [2.24, 2.45) is 5.73 Å². The fraction of sp³-hybridized carbons (Fsp3) is 0.389. The first-order valence-corrected chi connectivity index (χ1v) is 8.90. The summed E-state index contributed by atoms with van der Waals surface area (Å²) in [6.07, 6.45) is -4.41. The van der Waals surface area contributed by atoms with Crippen molar-refractivity contribution in [3.63, 3.8) is 0 Å². The van der Waals surface area contributed by atoms with Crippen LogP contribution < -0.4 is 10.6 Å². The molecule has 11 heteroatoms. The first kappa shape index (κ1) is 20.5. The van der Waals surface area contributed by atoms with Crippen LogP contribution in [0.1, 0.15) is 31.9 Å². The zero-order valence-corrected chi connectivity index (χ0v) is 15.4. The van der Waals surface area contributed by atoms with Crippen LogP contribution in [0.5, 0.6) is 0 Å². The van der Waals surface area contributed by atoms with Gasteiger partial charge in [0, 0.05) is 5.69 Å². The lowest BCUT2D eigenvalue weighted by atomic mass is 10.1. The van der Waals surface area contributed by atoms with Crippen LogP contribution in [-0.4, -0.2) is 34.3 Å². The Balaban J connectivity index is 1.88. The quantitative estimate of drug-likeness (QED) is 0.777. The topological polar surface area (TPSA) is 99.7 Å². The standard InChI is InChI=1S/C18H19F3N4O4/c1-2-3-4-13-15(28-16(22)26)29-17(27)24(13)11-5-7-12(8-6-11)25-14(9-10-23-25)18(19,20)21/h5-10,13,15H,2-4H2,1H3,(H2,22,26). The number of unbranched alkanes of at least 4 members (excludes halogenated alkanes) is 1. The maximum atomic E-state index is 13.1. The van der Waals surface area contributed by atoms with Gasteiger partial charge in [-0.1, -0.05) is 19.8 Å². The van der Waals surface area contributed by atoms with Crippen molar-refractivity contribution in [2.75, 3.05) is 4.90 Å². The number of alkyl halides is 3. The molecule has 2 N–H and O–H groups in total. The molecule has 1 aromatic heterocycles. The third kappa shape index (κ3) is 4.28. The van der Waals surface area contributed by atoms with Gasteiger partial charge in [-0.25, -0.2) is 14.3 Å². The predicted octanol–water partition coefficient (Wildman–Crippen LogP) is 3.83. The van der Waals surface area contributed by atoms with Crippen LogP contribution in [0.2, 0.25) is 0 Å². The molecule has 0 bridgehead atoms. The number of hydrogen-bond acceptors (Lipinski definition) is 5. The Labute approximate surface area is 164 Å². The monoisotopic (exact) mass is 412 g/mol. The molecule has 3 rings (SSSR count). The molecule has 1 saturated heterocycles. The summed E-state index contributed by atoms with van der Waals surface area (Å²) in [5.41, 5.74) is 4.69. The Morgan fingerprint density at radius 3 is 2.48 bits per heavy atom. The van der Waals surface area contributed by atoms with Gasteiger partial charge in [0.25, 0.3) is 6.29 Å². The summed E-state index contributed by atoms with van der Waals surface area (Å²) < 4.78 is 50.0. The van der Waals surface area contributed by atoms with E-state index in [1.54, 1.807) is 0 Å². The molecule has 29 heavy (non-hydrogen) atoms. The van der Waals surface area contributed by atoms with E-state index in [-0.39, 0.29) is 5.69 Å². The molecule has 1 aliphatic rings. The summed E-state index contributed by atoms with van der Waals surface area (Å²) in [5.74, 6) is 0. The number of rotatable bonds is 6. The minimum absolute atomic E-state index is 0.175. The molecule has 1 aromatic carbocycles. The molecule has 2 unspecified atom stereocenters. The number of nitrogens with zero attached hydrogens (tertiary/aromatic N) is 3. The second-order valence-electron chi connectivity index (χ2n) is 6.41. The number of carbonyl (C=O) groups excluding carboxylic acids is 2. The molecule has 2 atom stereocenters. The van der Waals surface area contributed by atoms with Gasteiger partial charge in [-0.3, -0.25) is 4.90 Å². The molecule has 2 aromatic rings. The third-order valence-corrected chi connectivity index (χ3v) is 4.45. The highest BCUT2D eigenvalue weighted by molar-refractivity contribution is 5.90. The highest BCUT2D eigenvalue weighted by Crippen LogP contribution is 2.33. The van der Waals surface area contributed by atoms with Gasteiger partial charge in [-0.15, -0.1) is 0 Å². The van der Waals surface area contributed by atoms with Crippen LogP contribution in [-0.2, 0) is 15.7 Å². The van der Waals surface area contributed by atoms with E-state index in [9.17, 15) is 22.8 Å². The van der Waals surface area contributed by atoms with Gasteiger partial charge in [0.15, 0.2) is 0 Å². The van der Waals surface area contributed by atoms with Gasteiger partial charge < -0.3 is 15.2 Å². The molecule has 2 heterocycles. The molecular formula is C18H19F3N4O4. The van der Waals surface area contributed by atoms with E-state index in [4.69, 9.17) is 15.2 Å². The molecule has 156 valence electrons. The second kappa shape index (κ2) is 8.02.